The number of halogens is 1. The summed E-state index contributed by atoms with van der Waals surface area (Å²) in [6.45, 7) is 8.57. The quantitative estimate of drug-likeness (QED) is 0.835. The minimum absolute atomic E-state index is 0.100. The fourth-order valence-electron chi connectivity index (χ4n) is 3.86. The third kappa shape index (κ3) is 3.22. The summed E-state index contributed by atoms with van der Waals surface area (Å²) in [4.78, 5) is 0. The second-order valence-electron chi connectivity index (χ2n) is 7.52. The summed E-state index contributed by atoms with van der Waals surface area (Å²) < 4.78 is 13.2. The van der Waals surface area contributed by atoms with E-state index in [1.165, 1.54) is 12.5 Å². The average molecular weight is 278 g/mol. The van der Waals surface area contributed by atoms with Gasteiger partial charge in [-0.05, 0) is 54.4 Å². The minimum Gasteiger partial charge on any atom is -0.389 e. The Morgan fingerprint density at radius 3 is 2.60 bits per heavy atom. The predicted molar refractivity (Wildman–Crippen MR) is 81.2 cm³/mol. The fraction of sp³-hybridized carbons (Fsp3) is 0.667. The summed E-state index contributed by atoms with van der Waals surface area (Å²) in [7, 11) is 0. The molecule has 0 aromatic heterocycles. The molecule has 2 heteroatoms. The SMILES string of the molecule is Cc1cc(F)ccc1CC1(O)CCCCC1C(C)(C)C. The second kappa shape index (κ2) is 5.48. The molecule has 1 fully saturated rings. The van der Waals surface area contributed by atoms with Crippen molar-refractivity contribution in [2.75, 3.05) is 0 Å². The third-order valence-electron chi connectivity index (χ3n) is 4.85. The van der Waals surface area contributed by atoms with Crippen LogP contribution in [0, 0.1) is 24.1 Å². The van der Waals surface area contributed by atoms with E-state index in [1.807, 2.05) is 13.0 Å². The molecule has 0 saturated heterocycles. The average Bonchev–Trinajstić information content (AvgIpc) is 2.32. The Bertz CT molecular complexity index is 475. The molecule has 1 aliphatic carbocycles. The van der Waals surface area contributed by atoms with Crippen LogP contribution in [-0.4, -0.2) is 10.7 Å². The monoisotopic (exact) mass is 278 g/mol. The maximum atomic E-state index is 13.2. The fourth-order valence-corrected chi connectivity index (χ4v) is 3.86. The van der Waals surface area contributed by atoms with E-state index in [0.717, 1.165) is 30.4 Å². The number of rotatable bonds is 2. The number of benzene rings is 1. The van der Waals surface area contributed by atoms with Crippen LogP contribution in [0.4, 0.5) is 4.39 Å². The van der Waals surface area contributed by atoms with Crippen LogP contribution in [0.15, 0.2) is 18.2 Å². The first kappa shape index (κ1) is 15.5. The van der Waals surface area contributed by atoms with Crippen molar-refractivity contribution in [2.45, 2.75) is 65.4 Å². The van der Waals surface area contributed by atoms with Crippen molar-refractivity contribution in [3.8, 4) is 0 Å². The molecular weight excluding hydrogens is 251 g/mol. The molecule has 1 nitrogen and oxygen atoms in total. The first-order chi connectivity index (χ1) is 9.22. The molecule has 0 spiro atoms. The van der Waals surface area contributed by atoms with Crippen molar-refractivity contribution in [1.29, 1.82) is 0 Å². The lowest BCUT2D eigenvalue weighted by molar-refractivity contribution is -0.0890. The van der Waals surface area contributed by atoms with Crippen molar-refractivity contribution in [3.63, 3.8) is 0 Å². The van der Waals surface area contributed by atoms with Gasteiger partial charge in [-0.25, -0.2) is 4.39 Å². The van der Waals surface area contributed by atoms with Crippen molar-refractivity contribution in [3.05, 3.63) is 35.1 Å². The van der Waals surface area contributed by atoms with Crippen molar-refractivity contribution < 1.29 is 9.50 Å². The molecule has 0 heterocycles. The lowest BCUT2D eigenvalue weighted by Crippen LogP contribution is -2.48. The topological polar surface area (TPSA) is 20.2 Å². The molecule has 0 aliphatic heterocycles. The standard InChI is InChI=1S/C18H27FO/c1-13-11-15(19)9-8-14(13)12-18(20)10-6-5-7-16(18)17(2,3)4/h8-9,11,16,20H,5-7,10,12H2,1-4H3. The van der Waals surface area contributed by atoms with Crippen molar-refractivity contribution in [1.82, 2.24) is 0 Å². The van der Waals surface area contributed by atoms with E-state index in [9.17, 15) is 9.50 Å². The molecule has 2 unspecified atom stereocenters. The summed E-state index contributed by atoms with van der Waals surface area (Å²) in [5.41, 5.74) is 1.46. The Balaban J connectivity index is 2.28. The van der Waals surface area contributed by atoms with E-state index in [4.69, 9.17) is 0 Å². The van der Waals surface area contributed by atoms with Gasteiger partial charge in [0.1, 0.15) is 5.82 Å². The zero-order valence-corrected chi connectivity index (χ0v) is 13.2. The van der Waals surface area contributed by atoms with Crippen LogP contribution < -0.4 is 0 Å². The summed E-state index contributed by atoms with van der Waals surface area (Å²) in [5, 5.41) is 11.2. The molecule has 1 N–H and O–H groups in total. The van der Waals surface area contributed by atoms with Gasteiger partial charge in [-0.2, -0.15) is 0 Å². The molecular formula is C18H27FO. The van der Waals surface area contributed by atoms with Crippen LogP contribution in [-0.2, 0) is 6.42 Å². The number of hydrogen-bond acceptors (Lipinski definition) is 1. The number of aryl methyl sites for hydroxylation is 1. The van der Waals surface area contributed by atoms with Gasteiger partial charge in [0, 0.05) is 6.42 Å². The number of hydrogen-bond donors (Lipinski definition) is 1. The molecule has 0 radical (unpaired) electrons. The molecule has 2 atom stereocenters. The Labute approximate surface area is 122 Å². The highest BCUT2D eigenvalue weighted by molar-refractivity contribution is 5.28. The van der Waals surface area contributed by atoms with Crippen LogP contribution >= 0.6 is 0 Å². The minimum atomic E-state index is -0.654. The Kier molecular flexibility index (Phi) is 4.24. The highest BCUT2D eigenvalue weighted by atomic mass is 19.1. The normalized spacial score (nSPS) is 27.6. The van der Waals surface area contributed by atoms with E-state index >= 15 is 0 Å². The Hall–Kier alpha value is -0.890. The van der Waals surface area contributed by atoms with E-state index in [1.54, 1.807) is 6.07 Å². The first-order valence-corrected chi connectivity index (χ1v) is 7.70. The zero-order chi connectivity index (χ0) is 15.0. The number of aliphatic hydroxyl groups is 1. The molecule has 0 amide bonds. The molecule has 1 saturated carbocycles. The lowest BCUT2D eigenvalue weighted by Gasteiger charge is -2.47. The van der Waals surface area contributed by atoms with Crippen molar-refractivity contribution >= 4 is 0 Å². The Morgan fingerprint density at radius 1 is 1.30 bits per heavy atom. The van der Waals surface area contributed by atoms with Gasteiger partial charge >= 0.3 is 0 Å². The highest BCUT2D eigenvalue weighted by Gasteiger charge is 2.44. The van der Waals surface area contributed by atoms with Gasteiger partial charge in [0.05, 0.1) is 5.60 Å². The van der Waals surface area contributed by atoms with E-state index in [2.05, 4.69) is 20.8 Å². The summed E-state index contributed by atoms with van der Waals surface area (Å²) in [5.74, 6) is 0.0995. The largest absolute Gasteiger partial charge is 0.389 e. The Morgan fingerprint density at radius 2 is 2.00 bits per heavy atom. The van der Waals surface area contributed by atoms with Gasteiger partial charge in [-0.3, -0.25) is 0 Å². The summed E-state index contributed by atoms with van der Waals surface area (Å²) >= 11 is 0. The lowest BCUT2D eigenvalue weighted by atomic mass is 9.62. The molecule has 20 heavy (non-hydrogen) atoms. The van der Waals surface area contributed by atoms with Gasteiger partial charge in [-0.1, -0.05) is 39.7 Å². The van der Waals surface area contributed by atoms with Crippen LogP contribution in [0.1, 0.15) is 57.6 Å². The first-order valence-electron chi connectivity index (χ1n) is 7.70. The van der Waals surface area contributed by atoms with E-state index < -0.39 is 5.60 Å². The highest BCUT2D eigenvalue weighted by Crippen LogP contribution is 2.46. The zero-order valence-electron chi connectivity index (χ0n) is 13.2. The smallest absolute Gasteiger partial charge is 0.123 e. The molecule has 1 aromatic carbocycles. The van der Waals surface area contributed by atoms with Gasteiger partial charge in [0.25, 0.3) is 0 Å². The van der Waals surface area contributed by atoms with Gasteiger partial charge in [0.2, 0.25) is 0 Å². The van der Waals surface area contributed by atoms with Crippen LogP contribution in [0.25, 0.3) is 0 Å². The molecule has 112 valence electrons. The molecule has 0 bridgehead atoms. The maximum absolute atomic E-state index is 13.2. The van der Waals surface area contributed by atoms with E-state index in [-0.39, 0.29) is 11.2 Å². The summed E-state index contributed by atoms with van der Waals surface area (Å²) in [6.07, 6.45) is 4.86. The van der Waals surface area contributed by atoms with Crippen molar-refractivity contribution in [2.24, 2.45) is 11.3 Å². The van der Waals surface area contributed by atoms with Crippen LogP contribution in [0.5, 0.6) is 0 Å². The predicted octanol–water partition coefficient (Wildman–Crippen LogP) is 4.64. The summed E-state index contributed by atoms with van der Waals surface area (Å²) in [6, 6.07) is 4.89. The van der Waals surface area contributed by atoms with Gasteiger partial charge in [0.15, 0.2) is 0 Å². The van der Waals surface area contributed by atoms with Crippen LogP contribution in [0.2, 0.25) is 0 Å². The van der Waals surface area contributed by atoms with E-state index in [0.29, 0.717) is 12.3 Å². The molecule has 1 aliphatic rings. The molecule has 1 aromatic rings. The van der Waals surface area contributed by atoms with Crippen LogP contribution in [0.3, 0.4) is 0 Å². The van der Waals surface area contributed by atoms with Gasteiger partial charge in [-0.15, -0.1) is 0 Å². The third-order valence-corrected chi connectivity index (χ3v) is 4.85. The second-order valence-corrected chi connectivity index (χ2v) is 7.52. The van der Waals surface area contributed by atoms with Gasteiger partial charge < -0.3 is 5.11 Å². The molecule has 2 rings (SSSR count). The maximum Gasteiger partial charge on any atom is 0.123 e.